The lowest BCUT2D eigenvalue weighted by Crippen LogP contribution is -2.42. The highest BCUT2D eigenvalue weighted by molar-refractivity contribution is 6.21. The standard InChI is InChI=1S/C52H48N2/c1-6-37-23-27-40(28-24-37)53(42-17-9-13-35(4)32-42)51-44-19-7-8-20-45(44)52(50-47-22-12-16-39-15-11-21-46(48(39)47)49(50)51)54(43-18-10-14-36(5)33-43)41-29-25-38(26-30-41)31-34(2)3/h7-30,32-34,44,51H,6,31H2,1-5H3. The molecule has 6 aromatic rings. The van der Waals surface area contributed by atoms with Crippen LogP contribution in [0, 0.1) is 25.7 Å². The maximum absolute atomic E-state index is 2.63. The summed E-state index contributed by atoms with van der Waals surface area (Å²) in [4.78, 5) is 5.19. The summed E-state index contributed by atoms with van der Waals surface area (Å²) < 4.78 is 0. The minimum absolute atomic E-state index is 0.00000352. The van der Waals surface area contributed by atoms with Crippen LogP contribution in [0.25, 0.3) is 21.9 Å². The number of hydrogen-bond acceptors (Lipinski definition) is 2. The molecule has 9 rings (SSSR count). The van der Waals surface area contributed by atoms with Crippen molar-refractivity contribution in [2.24, 2.45) is 11.8 Å². The highest BCUT2D eigenvalue weighted by Crippen LogP contribution is 2.58. The molecular weight excluding hydrogens is 653 g/mol. The summed E-state index contributed by atoms with van der Waals surface area (Å²) in [6.07, 6.45) is 11.4. The highest BCUT2D eigenvalue weighted by Gasteiger charge is 2.46. The van der Waals surface area contributed by atoms with Gasteiger partial charge in [-0.15, -0.1) is 0 Å². The molecular formula is C52H48N2. The number of aryl methyl sites for hydroxylation is 3. The maximum Gasteiger partial charge on any atom is 0.0708 e. The summed E-state index contributed by atoms with van der Waals surface area (Å²) in [5.41, 5.74) is 18.0. The van der Waals surface area contributed by atoms with E-state index < -0.39 is 0 Å². The van der Waals surface area contributed by atoms with Crippen molar-refractivity contribution in [3.8, 4) is 0 Å². The van der Waals surface area contributed by atoms with Crippen LogP contribution in [0.15, 0.2) is 169 Å². The van der Waals surface area contributed by atoms with Crippen molar-refractivity contribution in [2.75, 3.05) is 9.80 Å². The molecule has 266 valence electrons. The Hall–Kier alpha value is -5.86. The monoisotopic (exact) mass is 700 g/mol. The second-order valence-corrected chi connectivity index (χ2v) is 15.7. The second kappa shape index (κ2) is 13.8. The van der Waals surface area contributed by atoms with E-state index in [4.69, 9.17) is 0 Å². The van der Waals surface area contributed by atoms with Crippen LogP contribution in [0.5, 0.6) is 0 Å². The van der Waals surface area contributed by atoms with Gasteiger partial charge in [-0.25, -0.2) is 0 Å². The van der Waals surface area contributed by atoms with Crippen LogP contribution in [0.1, 0.15) is 54.2 Å². The Morgan fingerprint density at radius 2 is 1.24 bits per heavy atom. The minimum atomic E-state index is 0.00000352. The molecule has 2 heteroatoms. The van der Waals surface area contributed by atoms with Crippen LogP contribution < -0.4 is 9.80 Å². The molecule has 0 N–H and O–H groups in total. The Bertz CT molecular complexity index is 2500. The largest absolute Gasteiger partial charge is 0.333 e. The number of hydrogen-bond donors (Lipinski definition) is 0. The Morgan fingerprint density at radius 3 is 1.93 bits per heavy atom. The van der Waals surface area contributed by atoms with Crippen molar-refractivity contribution < 1.29 is 0 Å². The van der Waals surface area contributed by atoms with Crippen molar-refractivity contribution in [1.82, 2.24) is 0 Å². The molecule has 3 aliphatic rings. The van der Waals surface area contributed by atoms with E-state index in [9.17, 15) is 0 Å². The zero-order valence-corrected chi connectivity index (χ0v) is 32.1. The summed E-state index contributed by atoms with van der Waals surface area (Å²) in [6.45, 7) is 11.2. The third-order valence-corrected chi connectivity index (χ3v) is 11.4. The van der Waals surface area contributed by atoms with Gasteiger partial charge in [0.15, 0.2) is 0 Å². The molecule has 0 aromatic heterocycles. The molecule has 0 radical (unpaired) electrons. The van der Waals surface area contributed by atoms with Gasteiger partial charge in [0, 0.05) is 34.2 Å². The van der Waals surface area contributed by atoms with Gasteiger partial charge in [-0.05, 0) is 136 Å². The van der Waals surface area contributed by atoms with Gasteiger partial charge in [0.25, 0.3) is 0 Å². The molecule has 0 amide bonds. The summed E-state index contributed by atoms with van der Waals surface area (Å²) >= 11 is 0. The SMILES string of the molecule is CCc1ccc(N(c2cccc(C)c2)C2C3=C(C(N(c4ccc(CC(C)C)cc4)c4cccc(C)c4)=C4C=CC=CC42)c2cccc4cccc3c24)cc1. The van der Waals surface area contributed by atoms with Crippen molar-refractivity contribution in [3.63, 3.8) is 0 Å². The van der Waals surface area contributed by atoms with Crippen molar-refractivity contribution >= 4 is 44.7 Å². The first-order valence-electron chi connectivity index (χ1n) is 19.7. The summed E-state index contributed by atoms with van der Waals surface area (Å²) in [5.74, 6) is 0.677. The van der Waals surface area contributed by atoms with E-state index in [1.807, 2.05) is 0 Å². The molecule has 2 unspecified atom stereocenters. The Labute approximate surface area is 321 Å². The van der Waals surface area contributed by atoms with Crippen molar-refractivity contribution in [3.05, 3.63) is 202 Å². The van der Waals surface area contributed by atoms with E-state index in [2.05, 4.69) is 202 Å². The van der Waals surface area contributed by atoms with Crippen LogP contribution in [0.4, 0.5) is 22.7 Å². The van der Waals surface area contributed by atoms with Crippen LogP contribution >= 0.6 is 0 Å². The number of allylic oxidation sites excluding steroid dienone is 4. The summed E-state index contributed by atoms with van der Waals surface area (Å²) in [6, 6.07) is 50.5. The molecule has 0 bridgehead atoms. The molecule has 0 aliphatic heterocycles. The number of fused-ring (bicyclic) bond motifs is 3. The molecule has 2 atom stereocenters. The number of anilines is 4. The molecule has 0 spiro atoms. The van der Waals surface area contributed by atoms with Crippen molar-refractivity contribution in [2.45, 2.75) is 53.5 Å². The lowest BCUT2D eigenvalue weighted by atomic mass is 9.73. The average molecular weight is 701 g/mol. The molecule has 2 nitrogen and oxygen atoms in total. The first-order valence-corrected chi connectivity index (χ1v) is 19.7. The van der Waals surface area contributed by atoms with Gasteiger partial charge < -0.3 is 9.80 Å². The Kier molecular flexibility index (Phi) is 8.70. The number of benzene rings is 6. The zero-order valence-electron chi connectivity index (χ0n) is 32.1. The first-order chi connectivity index (χ1) is 26.4. The topological polar surface area (TPSA) is 6.48 Å². The van der Waals surface area contributed by atoms with Crippen LogP contribution in [0.2, 0.25) is 0 Å². The summed E-state index contributed by atoms with van der Waals surface area (Å²) in [7, 11) is 0. The van der Waals surface area contributed by atoms with E-state index in [0.717, 1.165) is 12.8 Å². The molecule has 6 aromatic carbocycles. The van der Waals surface area contributed by atoms with Gasteiger partial charge in [-0.2, -0.15) is 0 Å². The fourth-order valence-electron chi connectivity index (χ4n) is 9.11. The second-order valence-electron chi connectivity index (χ2n) is 15.7. The van der Waals surface area contributed by atoms with Gasteiger partial charge in [0.1, 0.15) is 0 Å². The highest BCUT2D eigenvalue weighted by atomic mass is 15.2. The van der Waals surface area contributed by atoms with Gasteiger partial charge in [-0.3, -0.25) is 0 Å². The molecule has 0 saturated carbocycles. The lowest BCUT2D eigenvalue weighted by molar-refractivity contribution is 0.647. The molecule has 54 heavy (non-hydrogen) atoms. The fraction of sp³-hybridized carbons (Fsp3) is 0.192. The summed E-state index contributed by atoms with van der Waals surface area (Å²) in [5, 5.41) is 2.63. The Morgan fingerprint density at radius 1 is 0.611 bits per heavy atom. The third kappa shape index (κ3) is 5.82. The molecule has 0 heterocycles. The smallest absolute Gasteiger partial charge is 0.0708 e. The van der Waals surface area contributed by atoms with Gasteiger partial charge in [0.05, 0.1) is 11.7 Å². The van der Waals surface area contributed by atoms with Gasteiger partial charge in [-0.1, -0.05) is 130 Å². The Balaban J connectivity index is 1.36. The minimum Gasteiger partial charge on any atom is -0.333 e. The van der Waals surface area contributed by atoms with Gasteiger partial charge >= 0.3 is 0 Å². The average Bonchev–Trinajstić information content (AvgIpc) is 3.52. The number of rotatable bonds is 9. The zero-order chi connectivity index (χ0) is 36.9. The van der Waals surface area contributed by atoms with E-state index in [-0.39, 0.29) is 12.0 Å². The number of nitrogens with zero attached hydrogens (tertiary/aromatic N) is 2. The van der Waals surface area contributed by atoms with Crippen LogP contribution in [-0.4, -0.2) is 6.04 Å². The van der Waals surface area contributed by atoms with E-state index in [1.165, 1.54) is 89.3 Å². The molecule has 3 aliphatic carbocycles. The molecule has 0 fully saturated rings. The van der Waals surface area contributed by atoms with Crippen LogP contribution in [0.3, 0.4) is 0 Å². The first kappa shape index (κ1) is 33.9. The predicted molar refractivity (Wildman–Crippen MR) is 231 cm³/mol. The van der Waals surface area contributed by atoms with E-state index in [1.54, 1.807) is 0 Å². The quantitative estimate of drug-likeness (QED) is 0.148. The van der Waals surface area contributed by atoms with E-state index >= 15 is 0 Å². The predicted octanol–water partition coefficient (Wildman–Crippen LogP) is 13.5. The fourth-order valence-corrected chi connectivity index (χ4v) is 9.11. The maximum atomic E-state index is 2.63. The lowest BCUT2D eigenvalue weighted by Gasteiger charge is -2.46. The molecule has 0 saturated heterocycles. The normalized spacial score (nSPS) is 17.0. The third-order valence-electron chi connectivity index (χ3n) is 11.4. The van der Waals surface area contributed by atoms with E-state index in [0.29, 0.717) is 5.92 Å². The van der Waals surface area contributed by atoms with Gasteiger partial charge in [0.2, 0.25) is 0 Å². The van der Waals surface area contributed by atoms with Crippen LogP contribution in [-0.2, 0) is 12.8 Å². The van der Waals surface area contributed by atoms with Crippen molar-refractivity contribution in [1.29, 1.82) is 0 Å².